The molecule has 0 saturated heterocycles. The smallest absolute Gasteiger partial charge is 0.137 e. The van der Waals surface area contributed by atoms with Crippen molar-refractivity contribution in [2.75, 3.05) is 7.11 Å². The van der Waals surface area contributed by atoms with Gasteiger partial charge >= 0.3 is 0 Å². The van der Waals surface area contributed by atoms with Crippen LogP contribution in [0.2, 0.25) is 0 Å². The van der Waals surface area contributed by atoms with Gasteiger partial charge in [0, 0.05) is 0 Å². The van der Waals surface area contributed by atoms with Crippen LogP contribution in [-0.2, 0) is 0 Å². The van der Waals surface area contributed by atoms with E-state index >= 15 is 0 Å². The number of rotatable bonds is 1. The van der Waals surface area contributed by atoms with Gasteiger partial charge in [-0.2, -0.15) is 0 Å². The van der Waals surface area contributed by atoms with Crippen molar-refractivity contribution in [3.63, 3.8) is 0 Å². The summed E-state index contributed by atoms with van der Waals surface area (Å²) in [6.45, 7) is 0. The van der Waals surface area contributed by atoms with Crippen LogP contribution in [0.25, 0.3) is 0 Å². The molecular formula is C8H7NO. The second-order valence-corrected chi connectivity index (χ2v) is 1.73. The number of hydrogen-bond donors (Lipinski definition) is 0. The molecule has 0 aliphatic carbocycles. The molecule has 0 amide bonds. The molecule has 0 atom stereocenters. The van der Waals surface area contributed by atoms with E-state index in [1.165, 1.54) is 0 Å². The zero-order valence-electron chi connectivity index (χ0n) is 5.66. The van der Waals surface area contributed by atoms with Crippen molar-refractivity contribution < 1.29 is 4.74 Å². The molecule has 0 unspecified atom stereocenters. The summed E-state index contributed by atoms with van der Waals surface area (Å²) in [5.41, 5.74) is 0.626. The first-order valence-electron chi connectivity index (χ1n) is 2.83. The van der Waals surface area contributed by atoms with E-state index in [-0.39, 0.29) is 0 Å². The summed E-state index contributed by atoms with van der Waals surface area (Å²) in [6.07, 6.45) is 6.68. The second kappa shape index (κ2) is 2.88. The highest BCUT2D eigenvalue weighted by atomic mass is 16.5. The molecule has 0 bridgehead atoms. The van der Waals surface area contributed by atoms with E-state index in [1.807, 2.05) is 0 Å². The Morgan fingerprint density at radius 2 is 2.40 bits per heavy atom. The number of pyridine rings is 1. The number of hydrogen-bond acceptors (Lipinski definition) is 2. The molecule has 0 fully saturated rings. The van der Waals surface area contributed by atoms with Crippen LogP contribution >= 0.6 is 0 Å². The van der Waals surface area contributed by atoms with Crippen molar-refractivity contribution in [3.8, 4) is 18.1 Å². The molecule has 0 aromatic carbocycles. The molecule has 0 N–H and O–H groups in total. The second-order valence-electron chi connectivity index (χ2n) is 1.73. The largest absolute Gasteiger partial charge is 0.495 e. The minimum absolute atomic E-state index is 0.626. The summed E-state index contributed by atoms with van der Waals surface area (Å²) >= 11 is 0. The van der Waals surface area contributed by atoms with E-state index in [1.54, 1.807) is 25.4 Å². The Balaban J connectivity index is 2.93. The van der Waals surface area contributed by atoms with Crippen molar-refractivity contribution >= 4 is 0 Å². The molecule has 1 aromatic rings. The highest BCUT2D eigenvalue weighted by Gasteiger charge is 1.89. The van der Waals surface area contributed by atoms with E-state index in [2.05, 4.69) is 10.9 Å². The average molecular weight is 133 g/mol. The van der Waals surface area contributed by atoms with Crippen LogP contribution in [0, 0.1) is 12.3 Å². The molecule has 0 saturated carbocycles. The van der Waals surface area contributed by atoms with Crippen LogP contribution in [0.1, 0.15) is 5.69 Å². The Labute approximate surface area is 59.9 Å². The number of methoxy groups -OCH3 is 1. The monoisotopic (exact) mass is 133 g/mol. The average Bonchev–Trinajstić information content (AvgIpc) is 2.05. The minimum atomic E-state index is 0.626. The lowest BCUT2D eigenvalue weighted by molar-refractivity contribution is 0.413. The fourth-order valence-corrected chi connectivity index (χ4v) is 0.586. The Morgan fingerprint density at radius 1 is 1.60 bits per heavy atom. The fourth-order valence-electron chi connectivity index (χ4n) is 0.586. The van der Waals surface area contributed by atoms with Crippen molar-refractivity contribution in [3.05, 3.63) is 24.0 Å². The molecule has 0 spiro atoms. The van der Waals surface area contributed by atoms with E-state index in [4.69, 9.17) is 11.2 Å². The lowest BCUT2D eigenvalue weighted by Crippen LogP contribution is -1.85. The van der Waals surface area contributed by atoms with Gasteiger partial charge in [-0.3, -0.25) is 0 Å². The first-order chi connectivity index (χ1) is 4.86. The Bertz CT molecular complexity index is 245. The van der Waals surface area contributed by atoms with Gasteiger partial charge in [0.1, 0.15) is 11.4 Å². The summed E-state index contributed by atoms with van der Waals surface area (Å²) in [7, 11) is 1.59. The highest BCUT2D eigenvalue weighted by Crippen LogP contribution is 2.06. The molecule has 1 heterocycles. The van der Waals surface area contributed by atoms with Crippen molar-refractivity contribution in [1.82, 2.24) is 4.98 Å². The fraction of sp³-hybridized carbons (Fsp3) is 0.125. The van der Waals surface area contributed by atoms with Crippen LogP contribution in [0.4, 0.5) is 0 Å². The van der Waals surface area contributed by atoms with Crippen LogP contribution < -0.4 is 4.74 Å². The molecule has 2 nitrogen and oxygen atoms in total. The van der Waals surface area contributed by atoms with Gasteiger partial charge in [0.15, 0.2) is 0 Å². The van der Waals surface area contributed by atoms with Gasteiger partial charge in [0.05, 0.1) is 13.3 Å². The molecule has 0 aliphatic rings. The normalized spacial score (nSPS) is 8.40. The number of nitrogens with zero attached hydrogens (tertiary/aromatic N) is 1. The lowest BCUT2D eigenvalue weighted by atomic mass is 10.3. The third kappa shape index (κ3) is 1.26. The lowest BCUT2D eigenvalue weighted by Gasteiger charge is -1.95. The van der Waals surface area contributed by atoms with Gasteiger partial charge in [-0.25, -0.2) is 4.98 Å². The zero-order chi connectivity index (χ0) is 7.40. The standard InChI is InChI=1S/C8H7NO/c1-3-7-4-5-8(10-2)6-9-7/h1,4-6H,2H3. The molecule has 50 valence electrons. The highest BCUT2D eigenvalue weighted by molar-refractivity contribution is 5.28. The van der Waals surface area contributed by atoms with Crippen LogP contribution in [0.5, 0.6) is 5.75 Å². The number of terminal acetylenes is 1. The maximum Gasteiger partial charge on any atom is 0.137 e. The quantitative estimate of drug-likeness (QED) is 0.534. The van der Waals surface area contributed by atoms with Crippen molar-refractivity contribution in [1.29, 1.82) is 0 Å². The molecule has 10 heavy (non-hydrogen) atoms. The molecule has 0 aliphatic heterocycles. The van der Waals surface area contributed by atoms with E-state index in [9.17, 15) is 0 Å². The predicted octanol–water partition coefficient (Wildman–Crippen LogP) is 1.07. The first kappa shape index (κ1) is 6.63. The van der Waals surface area contributed by atoms with E-state index in [0.29, 0.717) is 5.69 Å². The Morgan fingerprint density at radius 3 is 2.80 bits per heavy atom. The van der Waals surface area contributed by atoms with E-state index < -0.39 is 0 Å². The summed E-state index contributed by atoms with van der Waals surface area (Å²) in [4.78, 5) is 3.91. The zero-order valence-corrected chi connectivity index (χ0v) is 5.66. The molecule has 2 heteroatoms. The third-order valence-corrected chi connectivity index (χ3v) is 1.12. The topological polar surface area (TPSA) is 22.1 Å². The summed E-state index contributed by atoms with van der Waals surface area (Å²) in [6, 6.07) is 3.51. The van der Waals surface area contributed by atoms with Gasteiger partial charge in [0.25, 0.3) is 0 Å². The van der Waals surface area contributed by atoms with E-state index in [0.717, 1.165) is 5.75 Å². The van der Waals surface area contributed by atoms with Crippen LogP contribution in [0.3, 0.4) is 0 Å². The van der Waals surface area contributed by atoms with Gasteiger partial charge in [0.2, 0.25) is 0 Å². The summed E-state index contributed by atoms with van der Waals surface area (Å²) in [5, 5.41) is 0. The molecule has 1 rings (SSSR count). The van der Waals surface area contributed by atoms with Gasteiger partial charge in [-0.15, -0.1) is 6.42 Å². The van der Waals surface area contributed by atoms with Gasteiger partial charge in [-0.1, -0.05) is 5.92 Å². The van der Waals surface area contributed by atoms with Gasteiger partial charge < -0.3 is 4.74 Å². The van der Waals surface area contributed by atoms with Crippen LogP contribution in [0.15, 0.2) is 18.3 Å². The molecule has 0 radical (unpaired) electrons. The maximum atomic E-state index is 5.09. The molecule has 1 aromatic heterocycles. The minimum Gasteiger partial charge on any atom is -0.495 e. The summed E-state index contributed by atoms with van der Waals surface area (Å²) in [5.74, 6) is 3.13. The summed E-state index contributed by atoms with van der Waals surface area (Å²) < 4.78 is 4.88. The maximum absolute atomic E-state index is 5.09. The SMILES string of the molecule is C#Cc1ccc(OC)cn1. The van der Waals surface area contributed by atoms with Gasteiger partial charge in [-0.05, 0) is 12.1 Å². The third-order valence-electron chi connectivity index (χ3n) is 1.12. The predicted molar refractivity (Wildman–Crippen MR) is 38.7 cm³/mol. The van der Waals surface area contributed by atoms with Crippen molar-refractivity contribution in [2.24, 2.45) is 0 Å². The first-order valence-corrected chi connectivity index (χ1v) is 2.83. The Hall–Kier alpha value is -1.49. The molecular weight excluding hydrogens is 126 g/mol. The number of aromatic nitrogens is 1. The van der Waals surface area contributed by atoms with Crippen molar-refractivity contribution in [2.45, 2.75) is 0 Å². The number of ether oxygens (including phenoxy) is 1. The Kier molecular flexibility index (Phi) is 1.91. The van der Waals surface area contributed by atoms with Crippen LogP contribution in [-0.4, -0.2) is 12.1 Å².